The van der Waals surface area contributed by atoms with Gasteiger partial charge in [0.05, 0.1) is 12.6 Å². The quantitative estimate of drug-likeness (QED) is 0.723. The van der Waals surface area contributed by atoms with Gasteiger partial charge < -0.3 is 4.57 Å². The molecule has 29 heavy (non-hydrogen) atoms. The molecule has 0 amide bonds. The van der Waals surface area contributed by atoms with Gasteiger partial charge in [-0.2, -0.15) is 0 Å². The molecule has 1 saturated heterocycles. The molecule has 3 fully saturated rings. The summed E-state index contributed by atoms with van der Waals surface area (Å²) in [5, 5.41) is 0. The fourth-order valence-corrected chi connectivity index (χ4v) is 8.76. The minimum absolute atomic E-state index is 0.245. The summed E-state index contributed by atoms with van der Waals surface area (Å²) >= 11 is 0. The van der Waals surface area contributed by atoms with Gasteiger partial charge in [-0.1, -0.05) is 19.9 Å². The van der Waals surface area contributed by atoms with E-state index in [4.69, 9.17) is 0 Å². The van der Waals surface area contributed by atoms with E-state index in [0.29, 0.717) is 18.4 Å². The lowest BCUT2D eigenvalue weighted by Gasteiger charge is -2.58. The van der Waals surface area contributed by atoms with E-state index in [0.717, 1.165) is 24.8 Å². The fourth-order valence-electron chi connectivity index (χ4n) is 7.85. The number of sulfonamides is 1. The van der Waals surface area contributed by atoms with Crippen LogP contribution in [-0.2, 0) is 10.0 Å². The van der Waals surface area contributed by atoms with Crippen molar-refractivity contribution in [2.45, 2.75) is 58.8 Å². The maximum Gasteiger partial charge on any atom is 0.211 e. The van der Waals surface area contributed by atoms with E-state index in [1.165, 1.54) is 50.5 Å². The monoisotopic (exact) mass is 417 g/mol. The van der Waals surface area contributed by atoms with Crippen molar-refractivity contribution in [2.75, 3.05) is 19.3 Å². The highest BCUT2D eigenvalue weighted by molar-refractivity contribution is 7.88. The molecule has 5 rings (SSSR count). The molecule has 0 aromatic carbocycles. The smallest absolute Gasteiger partial charge is 0.211 e. The van der Waals surface area contributed by atoms with E-state index in [1.54, 1.807) is 4.31 Å². The molecule has 160 valence electrons. The Morgan fingerprint density at radius 2 is 1.97 bits per heavy atom. The van der Waals surface area contributed by atoms with Crippen LogP contribution >= 0.6 is 0 Å². The van der Waals surface area contributed by atoms with Crippen LogP contribution in [0.25, 0.3) is 5.70 Å². The predicted molar refractivity (Wildman–Crippen MR) is 115 cm³/mol. The lowest BCUT2D eigenvalue weighted by molar-refractivity contribution is -0.0801. The zero-order valence-corrected chi connectivity index (χ0v) is 18.9. The molecule has 4 aliphatic rings. The normalized spacial score (nSPS) is 43.1. The topological polar surface area (TPSA) is 55.2 Å². The summed E-state index contributed by atoms with van der Waals surface area (Å²) in [6, 6.07) is 0. The Hall–Kier alpha value is -1.14. The van der Waals surface area contributed by atoms with E-state index < -0.39 is 10.0 Å². The van der Waals surface area contributed by atoms with Crippen LogP contribution in [-0.4, -0.2) is 41.6 Å². The molecule has 2 heterocycles. The van der Waals surface area contributed by atoms with Gasteiger partial charge in [0.1, 0.15) is 0 Å². The van der Waals surface area contributed by atoms with Crippen molar-refractivity contribution in [1.29, 1.82) is 0 Å². The number of rotatable bonds is 2. The van der Waals surface area contributed by atoms with Crippen LogP contribution in [0.1, 0.15) is 58.8 Å². The van der Waals surface area contributed by atoms with Crippen molar-refractivity contribution in [3.05, 3.63) is 24.8 Å². The van der Waals surface area contributed by atoms with Gasteiger partial charge in [0.2, 0.25) is 10.0 Å². The number of fused-ring (bicyclic) bond motifs is 5. The Labute approximate surface area is 175 Å². The summed E-state index contributed by atoms with van der Waals surface area (Å²) in [4.78, 5) is 4.29. The summed E-state index contributed by atoms with van der Waals surface area (Å²) in [7, 11) is -3.10. The molecule has 0 spiro atoms. The molecule has 0 radical (unpaired) electrons. The highest BCUT2D eigenvalue weighted by Gasteiger charge is 2.58. The Morgan fingerprint density at radius 3 is 2.69 bits per heavy atom. The van der Waals surface area contributed by atoms with Gasteiger partial charge in [-0.05, 0) is 74.0 Å². The molecule has 1 aromatic heterocycles. The summed E-state index contributed by atoms with van der Waals surface area (Å²) in [5.74, 6) is 2.71. The van der Waals surface area contributed by atoms with E-state index in [1.807, 2.05) is 12.5 Å². The molecular weight excluding hydrogens is 382 g/mol. The summed E-state index contributed by atoms with van der Waals surface area (Å²) < 4.78 is 28.5. The average molecular weight is 418 g/mol. The van der Waals surface area contributed by atoms with Gasteiger partial charge >= 0.3 is 0 Å². The summed E-state index contributed by atoms with van der Waals surface area (Å²) in [5.41, 5.74) is 1.98. The molecule has 6 heteroatoms. The van der Waals surface area contributed by atoms with Gasteiger partial charge in [-0.25, -0.2) is 17.7 Å². The van der Waals surface area contributed by atoms with Crippen LogP contribution in [0, 0.1) is 34.5 Å². The summed E-state index contributed by atoms with van der Waals surface area (Å²) in [6.07, 6.45) is 18.1. The first-order valence-electron chi connectivity index (χ1n) is 11.4. The third-order valence-electron chi connectivity index (χ3n) is 9.40. The largest absolute Gasteiger partial charge is 0.310 e. The maximum atomic E-state index is 12.3. The van der Waals surface area contributed by atoms with Crippen LogP contribution in [0.3, 0.4) is 0 Å². The number of aromatic nitrogens is 2. The van der Waals surface area contributed by atoms with Crippen molar-refractivity contribution in [2.24, 2.45) is 34.5 Å². The lowest BCUT2D eigenvalue weighted by atomic mass is 9.47. The highest BCUT2D eigenvalue weighted by atomic mass is 32.2. The van der Waals surface area contributed by atoms with Crippen LogP contribution < -0.4 is 0 Å². The maximum absolute atomic E-state index is 12.3. The van der Waals surface area contributed by atoms with Crippen molar-refractivity contribution in [3.63, 3.8) is 0 Å². The van der Waals surface area contributed by atoms with Gasteiger partial charge in [0, 0.05) is 36.6 Å². The Kier molecular flexibility index (Phi) is 4.56. The van der Waals surface area contributed by atoms with E-state index in [9.17, 15) is 8.42 Å². The van der Waals surface area contributed by atoms with Crippen LogP contribution in [0.2, 0.25) is 0 Å². The van der Waals surface area contributed by atoms with Crippen LogP contribution in [0.15, 0.2) is 24.8 Å². The van der Waals surface area contributed by atoms with Crippen molar-refractivity contribution < 1.29 is 8.42 Å². The number of allylic oxidation sites excluding steroid dienone is 2. The number of imidazole rings is 1. The third-order valence-corrected chi connectivity index (χ3v) is 10.7. The van der Waals surface area contributed by atoms with Crippen molar-refractivity contribution in [1.82, 2.24) is 13.9 Å². The minimum Gasteiger partial charge on any atom is -0.310 e. The minimum atomic E-state index is -3.10. The van der Waals surface area contributed by atoms with Gasteiger partial charge in [0.15, 0.2) is 0 Å². The fraction of sp³-hybridized carbons (Fsp3) is 0.783. The molecule has 3 aliphatic carbocycles. The molecule has 5 nitrogen and oxygen atoms in total. The number of nitrogens with zero attached hydrogens (tertiary/aromatic N) is 3. The van der Waals surface area contributed by atoms with Crippen LogP contribution in [0.5, 0.6) is 0 Å². The first-order chi connectivity index (χ1) is 13.7. The van der Waals surface area contributed by atoms with Crippen molar-refractivity contribution >= 4 is 15.7 Å². The van der Waals surface area contributed by atoms with E-state index in [-0.39, 0.29) is 10.8 Å². The molecule has 0 bridgehead atoms. The van der Waals surface area contributed by atoms with Crippen molar-refractivity contribution in [3.8, 4) is 0 Å². The lowest BCUT2D eigenvalue weighted by Crippen LogP contribution is -2.52. The summed E-state index contributed by atoms with van der Waals surface area (Å²) in [6.45, 7) is 6.43. The van der Waals surface area contributed by atoms with E-state index >= 15 is 0 Å². The Bertz CT molecular complexity index is 909. The zero-order valence-electron chi connectivity index (χ0n) is 18.0. The Morgan fingerprint density at radius 1 is 1.14 bits per heavy atom. The molecule has 1 aromatic rings. The molecule has 2 saturated carbocycles. The molecular formula is C23H35N3O2S. The predicted octanol–water partition coefficient (Wildman–Crippen LogP) is 4.25. The molecule has 0 N–H and O–H groups in total. The number of hydrogen-bond donors (Lipinski definition) is 0. The molecule has 1 aliphatic heterocycles. The second-order valence-electron chi connectivity index (χ2n) is 10.6. The SMILES string of the molecule is C[C@]12CCCN(S(C)(=O)=O)CC1CCC1C2CC[C@]2(C)C(n3ccnc3)=CCC12. The van der Waals surface area contributed by atoms with Gasteiger partial charge in [0.25, 0.3) is 0 Å². The molecule has 6 atom stereocenters. The average Bonchev–Trinajstić information content (AvgIpc) is 3.24. The Balaban J connectivity index is 1.42. The molecule has 4 unspecified atom stereocenters. The standard InChI is InChI=1S/C23H35N3O2S/c1-22-10-4-13-26(29(3,27)28)15-17(22)5-6-18-19-7-8-21(25-14-12-24-16-25)23(19,2)11-9-20(18)22/h8,12,14,16-20H,4-7,9-11,13,15H2,1-3H3/t17?,18?,19?,20?,22-,23-/m0/s1. The number of hydrogen-bond acceptors (Lipinski definition) is 3. The van der Waals surface area contributed by atoms with E-state index in [2.05, 4.69) is 35.7 Å². The zero-order chi connectivity index (χ0) is 20.4. The third kappa shape index (κ3) is 2.96. The van der Waals surface area contributed by atoms with Crippen LogP contribution in [0.4, 0.5) is 0 Å². The first-order valence-corrected chi connectivity index (χ1v) is 13.2. The van der Waals surface area contributed by atoms with Gasteiger partial charge in [-0.3, -0.25) is 0 Å². The highest BCUT2D eigenvalue weighted by Crippen LogP contribution is 2.65. The van der Waals surface area contributed by atoms with Gasteiger partial charge in [-0.15, -0.1) is 0 Å². The first kappa shape index (κ1) is 19.8. The second kappa shape index (κ2) is 6.68. The second-order valence-corrected chi connectivity index (χ2v) is 12.6.